The zero-order valence-electron chi connectivity index (χ0n) is 5.76. The number of hydrogen-bond acceptors (Lipinski definition) is 0. The Kier molecular flexibility index (Phi) is 8.25. The van der Waals surface area contributed by atoms with E-state index in [0.29, 0.717) is 0 Å². The van der Waals surface area contributed by atoms with Crippen LogP contribution in [0, 0.1) is 0 Å². The molecular formula is C8H13Ir. The maximum absolute atomic E-state index is 2.24. The predicted molar refractivity (Wildman–Crippen MR) is 37.8 cm³/mol. The summed E-state index contributed by atoms with van der Waals surface area (Å²) in [7, 11) is 0. The first-order chi connectivity index (χ1) is 4.41. The molecule has 0 bridgehead atoms. The van der Waals surface area contributed by atoms with E-state index in [9.17, 15) is 0 Å². The molecule has 0 aliphatic heterocycles. The fourth-order valence-corrected chi connectivity index (χ4v) is 0.932. The monoisotopic (exact) mass is 302 g/mol. The van der Waals surface area contributed by atoms with E-state index in [0.717, 1.165) is 6.42 Å². The Morgan fingerprint density at radius 2 is 1.78 bits per heavy atom. The minimum atomic E-state index is 1.16. The topological polar surface area (TPSA) is 0 Å². The Bertz CT molecular complexity index is 92.7. The molecule has 54 valence electrons. The van der Waals surface area contributed by atoms with Gasteiger partial charge in [-0.25, -0.2) is 0 Å². The van der Waals surface area contributed by atoms with Crippen LogP contribution in [0.3, 0.4) is 0 Å². The van der Waals surface area contributed by atoms with Crippen LogP contribution in [0.2, 0.25) is 0 Å². The van der Waals surface area contributed by atoms with Crippen LogP contribution in [0.25, 0.3) is 0 Å². The third-order valence-electron chi connectivity index (χ3n) is 0.981. The van der Waals surface area contributed by atoms with Gasteiger partial charge in [-0.05, 0) is 0 Å². The molecule has 0 amide bonds. The molecule has 0 heterocycles. The van der Waals surface area contributed by atoms with Crippen molar-refractivity contribution in [3.63, 3.8) is 0 Å². The summed E-state index contributed by atoms with van der Waals surface area (Å²) < 4.78 is 2.10. The van der Waals surface area contributed by atoms with E-state index in [2.05, 4.69) is 48.6 Å². The first-order valence-corrected chi connectivity index (χ1v) is 4.67. The van der Waals surface area contributed by atoms with Crippen LogP contribution in [0.15, 0.2) is 22.8 Å². The van der Waals surface area contributed by atoms with Crippen molar-refractivity contribution in [3.05, 3.63) is 22.8 Å². The molecule has 1 heteroatoms. The van der Waals surface area contributed by atoms with Crippen LogP contribution < -0.4 is 0 Å². The van der Waals surface area contributed by atoms with Gasteiger partial charge in [0.15, 0.2) is 0 Å². The second kappa shape index (κ2) is 8.13. The second-order valence-corrected chi connectivity index (χ2v) is 2.60. The molecular weight excluding hydrogens is 288 g/mol. The van der Waals surface area contributed by atoms with Gasteiger partial charge in [-0.1, -0.05) is 0 Å². The van der Waals surface area contributed by atoms with E-state index < -0.39 is 0 Å². The molecule has 0 radical (unpaired) electrons. The van der Waals surface area contributed by atoms with Crippen LogP contribution in [0.5, 0.6) is 0 Å². The summed E-state index contributed by atoms with van der Waals surface area (Å²) in [6.45, 7) is 2.16. The summed E-state index contributed by atoms with van der Waals surface area (Å²) in [5.74, 6) is 0. The van der Waals surface area contributed by atoms with Gasteiger partial charge in [-0.2, -0.15) is 0 Å². The summed E-state index contributed by atoms with van der Waals surface area (Å²) >= 11 is 2.06. The molecule has 0 spiro atoms. The van der Waals surface area contributed by atoms with E-state index in [1.165, 1.54) is 12.8 Å². The Labute approximate surface area is 68.2 Å². The minimum absolute atomic E-state index is 1.16. The number of allylic oxidation sites excluding steroid dienone is 3. The molecule has 0 aromatic rings. The molecule has 0 aliphatic carbocycles. The van der Waals surface area contributed by atoms with Gasteiger partial charge in [0.1, 0.15) is 0 Å². The summed E-state index contributed by atoms with van der Waals surface area (Å²) in [4.78, 5) is 0. The molecule has 0 N–H and O–H groups in total. The second-order valence-electron chi connectivity index (χ2n) is 1.80. The van der Waals surface area contributed by atoms with Crippen LogP contribution in [-0.2, 0) is 18.9 Å². The normalized spacial score (nSPS) is 11.9. The van der Waals surface area contributed by atoms with Crippen molar-refractivity contribution in [3.8, 4) is 0 Å². The molecule has 0 unspecified atom stereocenters. The van der Waals surface area contributed by atoms with Crippen molar-refractivity contribution in [1.82, 2.24) is 0 Å². The standard InChI is InChI=1S/C8H13.Ir/c1-3-5-7-8-6-4-2;/h1,3,6,8H,4-5,7H2,2H3;. The van der Waals surface area contributed by atoms with E-state index >= 15 is 0 Å². The molecule has 0 fully saturated rings. The van der Waals surface area contributed by atoms with Crippen LogP contribution in [0.4, 0.5) is 0 Å². The molecule has 0 rings (SSSR count). The number of rotatable bonds is 4. The molecule has 0 aromatic heterocycles. The Morgan fingerprint density at radius 1 is 1.11 bits per heavy atom. The van der Waals surface area contributed by atoms with Crippen molar-refractivity contribution in [2.45, 2.75) is 26.2 Å². The number of hydrogen-bond donors (Lipinski definition) is 0. The predicted octanol–water partition coefficient (Wildman–Crippen LogP) is 2.79. The van der Waals surface area contributed by atoms with Crippen molar-refractivity contribution in [2.75, 3.05) is 0 Å². The fourth-order valence-electron chi connectivity index (χ4n) is 0.533. The van der Waals surface area contributed by atoms with Gasteiger partial charge in [0.2, 0.25) is 0 Å². The van der Waals surface area contributed by atoms with Gasteiger partial charge in [0.05, 0.1) is 0 Å². The van der Waals surface area contributed by atoms with E-state index in [1.807, 2.05) is 0 Å². The number of unbranched alkanes of at least 4 members (excludes halogenated alkanes) is 1. The van der Waals surface area contributed by atoms with Crippen LogP contribution in [0.1, 0.15) is 26.2 Å². The van der Waals surface area contributed by atoms with Crippen molar-refractivity contribution in [1.29, 1.82) is 0 Å². The molecule has 0 saturated carbocycles. The molecule has 0 nitrogen and oxygen atoms in total. The first-order valence-electron chi connectivity index (χ1n) is 3.29. The van der Waals surface area contributed by atoms with Crippen molar-refractivity contribution in [2.24, 2.45) is 0 Å². The van der Waals surface area contributed by atoms with Gasteiger partial charge in [0, 0.05) is 0 Å². The Hall–Kier alpha value is 0.129. The molecule has 0 atom stereocenters. The van der Waals surface area contributed by atoms with E-state index in [-0.39, 0.29) is 0 Å². The molecule has 0 aromatic carbocycles. The van der Waals surface area contributed by atoms with E-state index in [4.69, 9.17) is 0 Å². The molecule has 0 saturated heterocycles. The summed E-state index contributed by atoms with van der Waals surface area (Å²) in [5, 5.41) is 0. The zero-order chi connectivity index (χ0) is 6.95. The quantitative estimate of drug-likeness (QED) is 0.553. The van der Waals surface area contributed by atoms with Crippen LogP contribution in [-0.4, -0.2) is 0 Å². The average molecular weight is 301 g/mol. The Morgan fingerprint density at radius 3 is 2.33 bits per heavy atom. The van der Waals surface area contributed by atoms with Gasteiger partial charge in [-0.3, -0.25) is 0 Å². The third-order valence-corrected chi connectivity index (χ3v) is 1.55. The van der Waals surface area contributed by atoms with E-state index in [1.54, 1.807) is 0 Å². The van der Waals surface area contributed by atoms with Gasteiger partial charge in [-0.15, -0.1) is 0 Å². The van der Waals surface area contributed by atoms with Gasteiger partial charge in [0.25, 0.3) is 0 Å². The van der Waals surface area contributed by atoms with Crippen molar-refractivity contribution >= 4 is 0 Å². The first kappa shape index (κ1) is 9.13. The average Bonchev–Trinajstić information content (AvgIpc) is 1.89. The van der Waals surface area contributed by atoms with Gasteiger partial charge < -0.3 is 0 Å². The van der Waals surface area contributed by atoms with Crippen LogP contribution >= 0.6 is 0 Å². The summed E-state index contributed by atoms with van der Waals surface area (Å²) in [5.41, 5.74) is 0. The molecule has 9 heavy (non-hydrogen) atoms. The molecule has 0 aliphatic rings. The van der Waals surface area contributed by atoms with Gasteiger partial charge >= 0.3 is 67.9 Å². The zero-order valence-corrected chi connectivity index (χ0v) is 8.16. The summed E-state index contributed by atoms with van der Waals surface area (Å²) in [6.07, 6.45) is 10.2. The fraction of sp³-hybridized carbons (Fsp3) is 0.500. The SMILES string of the molecule is CCC=CCCC=[CH][Ir]. The summed E-state index contributed by atoms with van der Waals surface area (Å²) in [6, 6.07) is 0. The third kappa shape index (κ3) is 8.13. The maximum atomic E-state index is 2.24. The Balaban J connectivity index is 2.99. The van der Waals surface area contributed by atoms with Crippen molar-refractivity contribution < 1.29 is 18.9 Å².